The van der Waals surface area contributed by atoms with Crippen LogP contribution in [0.15, 0.2) is 35.4 Å². The summed E-state index contributed by atoms with van der Waals surface area (Å²) < 4.78 is 6.32. The fourth-order valence-electron chi connectivity index (χ4n) is 13.3. The molecule has 1 amide bonds. The highest BCUT2D eigenvalue weighted by atomic mass is 35.5. The van der Waals surface area contributed by atoms with E-state index in [0.717, 1.165) is 49.8 Å². The largest absolute Gasteiger partial charge is 0.462 e. The van der Waals surface area contributed by atoms with Crippen molar-refractivity contribution in [1.29, 1.82) is 0 Å². The molecule has 4 saturated carbocycles. The molecule has 53 heavy (non-hydrogen) atoms. The minimum absolute atomic E-state index is 0.0110. The fraction of sp³-hybridized carbons (Fsp3) is 0.761. The maximum atomic E-state index is 14.1. The predicted octanol–water partition coefficient (Wildman–Crippen LogP) is 10.2. The maximum absolute atomic E-state index is 14.1. The third-order valence-corrected chi connectivity index (χ3v) is 15.7. The first kappa shape index (κ1) is 40.5. The first-order valence-corrected chi connectivity index (χ1v) is 21.3. The van der Waals surface area contributed by atoms with Crippen LogP contribution in [0.5, 0.6) is 0 Å². The molecule has 1 N–H and O–H groups in total. The second kappa shape index (κ2) is 14.7. The molecular weight excluding hydrogens is 680 g/mol. The normalized spacial score (nSPS) is 35.0. The summed E-state index contributed by atoms with van der Waals surface area (Å²) in [4.78, 5) is 42.2. The number of likely N-dealkylation sites (N-methyl/N-ethyl adjacent to an activating group) is 1. The summed E-state index contributed by atoms with van der Waals surface area (Å²) in [5, 5.41) is 3.54. The van der Waals surface area contributed by atoms with Gasteiger partial charge in [-0.05, 0) is 133 Å². The number of nitrogens with one attached hydrogen (secondary N) is 1. The lowest BCUT2D eigenvalue weighted by atomic mass is 9.36. The molecule has 5 aliphatic rings. The lowest BCUT2D eigenvalue weighted by Gasteiger charge is -2.69. The highest BCUT2D eigenvalue weighted by Gasteiger charge is 2.66. The summed E-state index contributed by atoms with van der Waals surface area (Å²) in [6.45, 7) is 22.6. The predicted molar refractivity (Wildman–Crippen MR) is 214 cm³/mol. The zero-order valence-corrected chi connectivity index (χ0v) is 35.4. The van der Waals surface area contributed by atoms with Crippen LogP contribution in [0.25, 0.3) is 0 Å². The topological polar surface area (TPSA) is 75.7 Å². The number of hydrogen-bond acceptors (Lipinski definition) is 5. The van der Waals surface area contributed by atoms with Gasteiger partial charge < -0.3 is 10.1 Å². The number of Topliss-reactive ketones (excluding diaryl/α,β-unsaturated/α-hetero) is 1. The number of ketones is 1. The van der Waals surface area contributed by atoms with Crippen molar-refractivity contribution in [2.75, 3.05) is 20.1 Å². The summed E-state index contributed by atoms with van der Waals surface area (Å²) in [5.74, 6) is 2.70. The number of benzene rings is 1. The highest BCUT2D eigenvalue weighted by Crippen LogP contribution is 2.73. The van der Waals surface area contributed by atoms with E-state index in [1.165, 1.54) is 31.3 Å². The lowest BCUT2D eigenvalue weighted by molar-refractivity contribution is -0.213. The minimum atomic E-state index is -0.125. The van der Waals surface area contributed by atoms with Gasteiger partial charge in [-0.25, -0.2) is 0 Å². The van der Waals surface area contributed by atoms with Crippen LogP contribution in [0.4, 0.5) is 0 Å². The van der Waals surface area contributed by atoms with Crippen molar-refractivity contribution in [3.8, 4) is 0 Å². The van der Waals surface area contributed by atoms with Crippen LogP contribution in [0.1, 0.15) is 139 Å². The van der Waals surface area contributed by atoms with E-state index in [1.54, 1.807) is 7.05 Å². The molecular formula is C46H69ClN2O4. The van der Waals surface area contributed by atoms with Crippen molar-refractivity contribution in [2.24, 2.45) is 56.7 Å². The summed E-state index contributed by atoms with van der Waals surface area (Å²) >= 11 is 6.20. The molecule has 1 aromatic rings. The number of fused-ring (bicyclic) bond motifs is 7. The van der Waals surface area contributed by atoms with Gasteiger partial charge in [0.15, 0.2) is 5.78 Å². The summed E-state index contributed by atoms with van der Waals surface area (Å²) in [6.07, 6.45) is 11.0. The van der Waals surface area contributed by atoms with E-state index in [0.29, 0.717) is 60.4 Å². The third kappa shape index (κ3) is 7.55. The Morgan fingerprint density at radius 1 is 0.943 bits per heavy atom. The molecule has 0 saturated heterocycles. The molecule has 0 radical (unpaired) electrons. The van der Waals surface area contributed by atoms with Gasteiger partial charge in [-0.3, -0.25) is 19.3 Å². The fourth-order valence-corrected chi connectivity index (χ4v) is 13.4. The van der Waals surface area contributed by atoms with Crippen molar-refractivity contribution in [3.63, 3.8) is 0 Å². The molecule has 6 nitrogen and oxygen atoms in total. The molecule has 7 heteroatoms. The van der Waals surface area contributed by atoms with Crippen LogP contribution in [-0.4, -0.2) is 48.8 Å². The second-order valence-corrected chi connectivity index (χ2v) is 21.1. The monoisotopic (exact) mass is 748 g/mol. The number of esters is 1. The number of allylic oxidation sites excluding steroid dienone is 2. The Labute approximate surface area is 326 Å². The molecule has 0 spiro atoms. The van der Waals surface area contributed by atoms with Gasteiger partial charge in [0.2, 0.25) is 5.91 Å². The Morgan fingerprint density at radius 3 is 2.26 bits per heavy atom. The van der Waals surface area contributed by atoms with Gasteiger partial charge in [0.05, 0.1) is 13.0 Å². The highest BCUT2D eigenvalue weighted by molar-refractivity contribution is 6.30. The van der Waals surface area contributed by atoms with E-state index in [1.807, 2.05) is 24.3 Å². The van der Waals surface area contributed by atoms with Gasteiger partial charge in [0.1, 0.15) is 6.10 Å². The summed E-state index contributed by atoms with van der Waals surface area (Å²) in [5.41, 5.74) is 3.93. The van der Waals surface area contributed by atoms with Gasteiger partial charge in [-0.1, -0.05) is 91.6 Å². The van der Waals surface area contributed by atoms with E-state index < -0.39 is 0 Å². The van der Waals surface area contributed by atoms with E-state index in [2.05, 4.69) is 72.5 Å². The molecule has 8 atom stereocenters. The Balaban J connectivity index is 1.25. The first-order chi connectivity index (χ1) is 24.7. The second-order valence-electron chi connectivity index (χ2n) is 20.7. The smallest absolute Gasteiger partial charge is 0.306 e. The molecule has 5 aliphatic carbocycles. The summed E-state index contributed by atoms with van der Waals surface area (Å²) in [6, 6.07) is 7.93. The molecule has 0 aromatic heterocycles. The zero-order valence-electron chi connectivity index (χ0n) is 34.6. The number of hydrogen-bond donors (Lipinski definition) is 1. The molecule has 0 heterocycles. The van der Waals surface area contributed by atoms with E-state index in [9.17, 15) is 14.4 Å². The molecule has 294 valence electrons. The molecule has 1 aromatic carbocycles. The van der Waals surface area contributed by atoms with Crippen LogP contribution >= 0.6 is 11.6 Å². The Hall–Kier alpha value is -2.18. The van der Waals surface area contributed by atoms with Gasteiger partial charge in [-0.2, -0.15) is 0 Å². The average Bonchev–Trinajstić information content (AvgIpc) is 3.37. The number of nitrogens with zero attached hydrogens (tertiary/aromatic N) is 1. The van der Waals surface area contributed by atoms with Crippen molar-refractivity contribution in [2.45, 2.75) is 146 Å². The number of carbonyl (C=O) groups is 3. The number of halogens is 1. The van der Waals surface area contributed by atoms with Gasteiger partial charge in [0.25, 0.3) is 0 Å². The van der Waals surface area contributed by atoms with Crippen LogP contribution in [0, 0.1) is 56.7 Å². The van der Waals surface area contributed by atoms with Crippen LogP contribution in [0.2, 0.25) is 5.02 Å². The van der Waals surface area contributed by atoms with Crippen LogP contribution < -0.4 is 5.32 Å². The molecule has 0 bridgehead atoms. The van der Waals surface area contributed by atoms with Crippen LogP contribution in [0.3, 0.4) is 0 Å². The maximum Gasteiger partial charge on any atom is 0.306 e. The number of ether oxygens (including phenoxy) is 1. The molecule has 4 fully saturated rings. The first-order valence-electron chi connectivity index (χ1n) is 20.9. The van der Waals surface area contributed by atoms with Crippen molar-refractivity contribution in [3.05, 3.63) is 46.0 Å². The van der Waals surface area contributed by atoms with E-state index in [-0.39, 0.29) is 51.0 Å². The Morgan fingerprint density at radius 2 is 1.62 bits per heavy atom. The third-order valence-electron chi connectivity index (χ3n) is 15.5. The van der Waals surface area contributed by atoms with Gasteiger partial charge >= 0.3 is 5.97 Å². The average molecular weight is 750 g/mol. The van der Waals surface area contributed by atoms with Crippen LogP contribution in [-0.2, 0) is 25.7 Å². The number of amides is 1. The SMILES string of the molecule is CNC(=O)CN(CCC12CCC3C(CCC4C3(C)CCC3C(C)(C)C(OC(=O)CC(C)(C)C)CCC34C)C1=C(C(C)C)C(=O)C2)Cc1ccc(Cl)cc1. The standard InChI is InChI=1S/C46H69ClN2O4/c1-29(2)40-34(50)25-46(23-24-49(28-38(51)48-10)27-30-11-13-31(47)14-12-30)22-17-33-32(41(40)46)15-16-36-44(33,8)20-18-35-43(6,7)37(19-21-45(35,36)9)53-39(52)26-42(3,4)5/h11-14,29,32-33,35-37H,15-28H2,1-10H3,(H,48,51). The molecule has 8 unspecified atom stereocenters. The van der Waals surface area contributed by atoms with Crippen molar-refractivity contribution in [1.82, 2.24) is 10.2 Å². The van der Waals surface area contributed by atoms with Gasteiger partial charge in [0, 0.05) is 35.9 Å². The molecule has 6 rings (SSSR count). The quantitative estimate of drug-likeness (QED) is 0.241. The minimum Gasteiger partial charge on any atom is -0.462 e. The zero-order chi connectivity index (χ0) is 38.7. The Bertz CT molecular complexity index is 1590. The number of carbonyl (C=O) groups excluding carboxylic acids is 3. The Kier molecular flexibility index (Phi) is 11.2. The lowest BCUT2D eigenvalue weighted by Crippen LogP contribution is -2.63. The van der Waals surface area contributed by atoms with Crippen molar-refractivity contribution >= 4 is 29.3 Å². The molecule has 0 aliphatic heterocycles. The van der Waals surface area contributed by atoms with Crippen molar-refractivity contribution < 1.29 is 19.1 Å². The number of rotatable bonds is 10. The summed E-state index contributed by atoms with van der Waals surface area (Å²) in [7, 11) is 1.70. The van der Waals surface area contributed by atoms with Gasteiger partial charge in [-0.15, -0.1) is 0 Å². The van der Waals surface area contributed by atoms with E-state index in [4.69, 9.17) is 16.3 Å². The van der Waals surface area contributed by atoms with E-state index >= 15 is 0 Å².